The van der Waals surface area contributed by atoms with Crippen LogP contribution >= 0.6 is 0 Å². The molecule has 10 nitrogen and oxygen atoms in total. The van der Waals surface area contributed by atoms with Gasteiger partial charge in [-0.2, -0.15) is 13.2 Å². The second-order valence-electron chi connectivity index (χ2n) is 15.2. The van der Waals surface area contributed by atoms with Crippen LogP contribution < -0.4 is 15.4 Å². The largest absolute Gasteiger partial charge is 0.490 e. The third kappa shape index (κ3) is 9.10. The van der Waals surface area contributed by atoms with Gasteiger partial charge in [-0.15, -0.1) is 0 Å². The molecule has 0 unspecified atom stereocenters. The summed E-state index contributed by atoms with van der Waals surface area (Å²) in [6, 6.07) is 15.1. The van der Waals surface area contributed by atoms with Crippen LogP contribution in [0.4, 0.5) is 27.6 Å². The highest BCUT2D eigenvalue weighted by molar-refractivity contribution is 6.06. The van der Waals surface area contributed by atoms with Crippen LogP contribution in [0.3, 0.4) is 0 Å². The van der Waals surface area contributed by atoms with Gasteiger partial charge in [0.25, 0.3) is 5.91 Å². The minimum atomic E-state index is -5.25. The molecule has 2 aromatic heterocycles. The number of esters is 1. The summed E-state index contributed by atoms with van der Waals surface area (Å²) in [6.07, 6.45) is 0.722. The van der Waals surface area contributed by atoms with Gasteiger partial charge in [-0.25, -0.2) is 23.5 Å². The zero-order valence-corrected chi connectivity index (χ0v) is 31.7. The van der Waals surface area contributed by atoms with Crippen molar-refractivity contribution in [3.05, 3.63) is 95.3 Å². The van der Waals surface area contributed by atoms with Crippen LogP contribution in [0.5, 0.6) is 5.75 Å². The number of alkyl halides is 3. The van der Waals surface area contributed by atoms with E-state index in [0.29, 0.717) is 27.9 Å². The van der Waals surface area contributed by atoms with Gasteiger partial charge in [0.05, 0.1) is 11.3 Å². The number of piperidine rings is 2. The average molecular weight is 791 g/mol. The Labute approximate surface area is 326 Å². The number of fused-ring (bicyclic) bond motifs is 1. The predicted molar refractivity (Wildman–Crippen MR) is 205 cm³/mol. The van der Waals surface area contributed by atoms with Gasteiger partial charge >= 0.3 is 12.1 Å². The lowest BCUT2D eigenvalue weighted by atomic mass is 9.96. The number of carbonyl (C=O) groups is 2. The number of anilines is 1. The monoisotopic (exact) mass is 790 g/mol. The van der Waals surface area contributed by atoms with Crippen molar-refractivity contribution in [3.63, 3.8) is 0 Å². The van der Waals surface area contributed by atoms with Gasteiger partial charge in [-0.05, 0) is 137 Å². The highest BCUT2D eigenvalue weighted by Gasteiger charge is 2.44. The number of nitrogens with zero attached hydrogens (tertiary/aromatic N) is 3. The summed E-state index contributed by atoms with van der Waals surface area (Å²) in [5, 5.41) is 6.58. The lowest BCUT2D eigenvalue weighted by Gasteiger charge is -2.35. The SMILES string of the molecule is Cc1c(NC(=O)c2ccc(C(C)(C)OC(=O)C(F)(F)F)cc2F)cc(F)cc1-c1ncnc2[nH]c(-c3ccc(OC4CCN(CC5CCNCC5)CC4)cc3)cc12. The zero-order chi connectivity index (χ0) is 40.5. The van der Waals surface area contributed by atoms with E-state index in [0.717, 1.165) is 101 Å². The molecule has 7 rings (SSSR count). The minimum absolute atomic E-state index is 0.0449. The van der Waals surface area contributed by atoms with Crippen molar-refractivity contribution in [2.75, 3.05) is 38.0 Å². The van der Waals surface area contributed by atoms with Crippen LogP contribution in [0, 0.1) is 24.5 Å². The first-order valence-electron chi connectivity index (χ1n) is 18.9. The molecule has 4 heterocycles. The van der Waals surface area contributed by atoms with Crippen LogP contribution in [-0.4, -0.2) is 76.7 Å². The topological polar surface area (TPSA) is 121 Å². The zero-order valence-electron chi connectivity index (χ0n) is 31.7. The van der Waals surface area contributed by atoms with Gasteiger partial charge in [0, 0.05) is 42.0 Å². The molecule has 0 spiro atoms. The van der Waals surface area contributed by atoms with Crippen molar-refractivity contribution in [2.24, 2.45) is 5.92 Å². The summed E-state index contributed by atoms with van der Waals surface area (Å²) in [4.78, 5) is 39.4. The molecule has 57 heavy (non-hydrogen) atoms. The lowest BCUT2D eigenvalue weighted by molar-refractivity contribution is -0.212. The Bertz CT molecular complexity index is 2260. The molecule has 5 aromatic rings. The maximum absolute atomic E-state index is 15.2. The Kier molecular flexibility index (Phi) is 11.3. The van der Waals surface area contributed by atoms with E-state index < -0.39 is 40.9 Å². The van der Waals surface area contributed by atoms with Crippen molar-refractivity contribution >= 4 is 28.6 Å². The van der Waals surface area contributed by atoms with E-state index in [4.69, 9.17) is 4.74 Å². The van der Waals surface area contributed by atoms with E-state index in [-0.39, 0.29) is 17.4 Å². The summed E-state index contributed by atoms with van der Waals surface area (Å²) in [6.45, 7) is 9.43. The third-order valence-electron chi connectivity index (χ3n) is 10.8. The highest BCUT2D eigenvalue weighted by Crippen LogP contribution is 2.36. The molecule has 15 heteroatoms. The maximum atomic E-state index is 15.2. The fourth-order valence-electron chi connectivity index (χ4n) is 7.52. The number of amides is 1. The smallest absolute Gasteiger partial charge is 0.490 e. The number of likely N-dealkylation sites (tertiary alicyclic amines) is 1. The summed E-state index contributed by atoms with van der Waals surface area (Å²) in [5.41, 5.74) is 0.926. The minimum Gasteiger partial charge on any atom is -0.490 e. The van der Waals surface area contributed by atoms with Crippen LogP contribution in [0.15, 0.2) is 67.0 Å². The van der Waals surface area contributed by atoms with Gasteiger partial charge in [0.1, 0.15) is 41.1 Å². The van der Waals surface area contributed by atoms with Crippen molar-refractivity contribution < 1.29 is 41.0 Å². The molecule has 300 valence electrons. The van der Waals surface area contributed by atoms with Gasteiger partial charge in [-0.3, -0.25) is 4.79 Å². The van der Waals surface area contributed by atoms with Crippen LogP contribution in [0.2, 0.25) is 0 Å². The van der Waals surface area contributed by atoms with Crippen molar-refractivity contribution in [2.45, 2.75) is 64.3 Å². The molecule has 0 atom stereocenters. The molecule has 0 radical (unpaired) electrons. The summed E-state index contributed by atoms with van der Waals surface area (Å²) < 4.78 is 79.6. The lowest BCUT2D eigenvalue weighted by Crippen LogP contribution is -2.42. The molecule has 2 fully saturated rings. The third-order valence-corrected chi connectivity index (χ3v) is 10.8. The number of aromatic nitrogens is 3. The van der Waals surface area contributed by atoms with E-state index in [9.17, 15) is 22.8 Å². The van der Waals surface area contributed by atoms with E-state index >= 15 is 8.78 Å². The molecular formula is C42H43F5N6O4. The number of hydrogen-bond acceptors (Lipinski definition) is 8. The molecule has 3 aromatic carbocycles. The second-order valence-corrected chi connectivity index (χ2v) is 15.2. The fraction of sp³-hybridized carbons (Fsp3) is 0.381. The number of H-pyrrole nitrogens is 1. The Balaban J connectivity index is 1.04. The van der Waals surface area contributed by atoms with E-state index in [2.05, 4.69) is 35.2 Å². The molecule has 2 aliphatic rings. The standard InChI is InChI=1S/C42H43F5N6O4/c1-24-32(19-28(43)20-35(24)52-39(54)31-9-6-27(18-34(31)44)41(2,3)57-40(55)42(45,46)47)37-33-21-36(51-38(33)50-23-49-37)26-4-7-29(8-5-26)56-30-12-16-53(17-13-30)22-25-10-14-48-15-11-25/h4-9,18-21,23,25,30,48H,10-17,22H2,1-3H3,(H,52,54)(H,49,50,51). The number of carbonyl (C=O) groups excluding carboxylic acids is 2. The van der Waals surface area contributed by atoms with E-state index in [1.165, 1.54) is 31.3 Å². The number of aromatic amines is 1. The first-order chi connectivity index (χ1) is 27.1. The summed E-state index contributed by atoms with van der Waals surface area (Å²) in [5.74, 6) is -3.59. The first-order valence-corrected chi connectivity index (χ1v) is 18.9. The predicted octanol–water partition coefficient (Wildman–Crippen LogP) is 8.31. The first kappa shape index (κ1) is 39.8. The number of hydrogen-bond donors (Lipinski definition) is 3. The molecule has 2 saturated heterocycles. The summed E-state index contributed by atoms with van der Waals surface area (Å²) >= 11 is 0. The Morgan fingerprint density at radius 3 is 2.33 bits per heavy atom. The molecular weight excluding hydrogens is 747 g/mol. The highest BCUT2D eigenvalue weighted by atomic mass is 19.4. The van der Waals surface area contributed by atoms with Gasteiger partial charge in [-0.1, -0.05) is 6.07 Å². The Morgan fingerprint density at radius 1 is 0.930 bits per heavy atom. The number of benzene rings is 3. The number of nitrogens with one attached hydrogen (secondary N) is 3. The van der Waals surface area contributed by atoms with E-state index in [1.54, 1.807) is 6.92 Å². The molecule has 0 saturated carbocycles. The fourth-order valence-corrected chi connectivity index (χ4v) is 7.52. The van der Waals surface area contributed by atoms with Crippen LogP contribution in [-0.2, 0) is 15.1 Å². The Morgan fingerprint density at radius 2 is 1.65 bits per heavy atom. The number of rotatable bonds is 10. The molecule has 0 bridgehead atoms. The quantitative estimate of drug-likeness (QED) is 0.0955. The van der Waals surface area contributed by atoms with E-state index in [1.807, 2.05) is 30.3 Å². The molecule has 1 amide bonds. The number of halogens is 5. The second kappa shape index (κ2) is 16.2. The number of ether oxygens (including phenoxy) is 2. The average Bonchev–Trinajstić information content (AvgIpc) is 3.62. The normalized spacial score (nSPS) is 16.1. The molecule has 3 N–H and O–H groups in total. The van der Waals surface area contributed by atoms with Crippen LogP contribution in [0.1, 0.15) is 61.0 Å². The summed E-state index contributed by atoms with van der Waals surface area (Å²) in [7, 11) is 0. The molecule has 2 aliphatic heterocycles. The van der Waals surface area contributed by atoms with Gasteiger partial charge in [0.15, 0.2) is 0 Å². The Hall–Kier alpha value is -5.41. The molecule has 0 aliphatic carbocycles. The maximum Gasteiger partial charge on any atom is 0.490 e. The van der Waals surface area contributed by atoms with Crippen LogP contribution in [0.25, 0.3) is 33.5 Å². The van der Waals surface area contributed by atoms with Gasteiger partial charge < -0.3 is 30.0 Å². The van der Waals surface area contributed by atoms with Crippen molar-refractivity contribution in [1.82, 2.24) is 25.2 Å². The van der Waals surface area contributed by atoms with Crippen molar-refractivity contribution in [3.8, 4) is 28.3 Å². The van der Waals surface area contributed by atoms with Gasteiger partial charge in [0.2, 0.25) is 0 Å². The van der Waals surface area contributed by atoms with Crippen molar-refractivity contribution in [1.29, 1.82) is 0 Å².